The monoisotopic (exact) mass is 295 g/mol. The Morgan fingerprint density at radius 2 is 2.10 bits per heavy atom. The summed E-state index contributed by atoms with van der Waals surface area (Å²) >= 11 is 1.31. The van der Waals surface area contributed by atoms with E-state index in [4.69, 9.17) is 9.84 Å². The van der Waals surface area contributed by atoms with Crippen LogP contribution < -0.4 is 0 Å². The molecule has 2 rings (SSSR count). The summed E-state index contributed by atoms with van der Waals surface area (Å²) in [6.45, 7) is 1.41. The maximum absolute atomic E-state index is 12.3. The topological polar surface area (TPSA) is 66.8 Å². The van der Waals surface area contributed by atoms with Crippen LogP contribution in [0.2, 0.25) is 0 Å². The third kappa shape index (κ3) is 3.68. The Morgan fingerprint density at radius 3 is 2.70 bits per heavy atom. The molecule has 0 saturated carbocycles. The minimum atomic E-state index is -0.993. The number of piperidine rings is 1. The SMILES string of the molecule is COC1CCN(C(=O)c2ccc(C=CC(=O)O)s2)CC1. The lowest BCUT2D eigenvalue weighted by molar-refractivity contribution is -0.131. The van der Waals surface area contributed by atoms with E-state index in [1.807, 2.05) is 4.90 Å². The molecule has 0 atom stereocenters. The van der Waals surface area contributed by atoms with E-state index >= 15 is 0 Å². The number of hydrogen-bond acceptors (Lipinski definition) is 4. The number of rotatable bonds is 4. The Balaban J connectivity index is 1.98. The molecule has 1 aliphatic heterocycles. The standard InChI is InChI=1S/C14H17NO4S/c1-19-10-6-8-15(9-7-10)14(18)12-4-2-11(20-12)3-5-13(16)17/h2-5,10H,6-9H2,1H3,(H,16,17). The van der Waals surface area contributed by atoms with Gasteiger partial charge in [0, 0.05) is 31.2 Å². The number of carbonyl (C=O) groups excluding carboxylic acids is 1. The predicted molar refractivity (Wildman–Crippen MR) is 76.9 cm³/mol. The third-order valence-electron chi connectivity index (χ3n) is 3.29. The normalized spacial score (nSPS) is 16.8. The molecule has 1 aliphatic rings. The fraction of sp³-hybridized carbons (Fsp3) is 0.429. The molecule has 5 nitrogen and oxygen atoms in total. The average molecular weight is 295 g/mol. The van der Waals surface area contributed by atoms with Gasteiger partial charge in [-0.3, -0.25) is 4.79 Å². The number of nitrogens with zero attached hydrogens (tertiary/aromatic N) is 1. The first-order valence-electron chi connectivity index (χ1n) is 6.43. The van der Waals surface area contributed by atoms with Crippen LogP contribution in [0.1, 0.15) is 27.4 Å². The van der Waals surface area contributed by atoms with Crippen LogP contribution in [0.5, 0.6) is 0 Å². The molecule has 0 radical (unpaired) electrons. The fourth-order valence-corrected chi connectivity index (χ4v) is 3.04. The Bertz CT molecular complexity index is 515. The average Bonchev–Trinajstić information content (AvgIpc) is 2.93. The van der Waals surface area contributed by atoms with Gasteiger partial charge >= 0.3 is 5.97 Å². The van der Waals surface area contributed by atoms with Gasteiger partial charge in [0.05, 0.1) is 11.0 Å². The van der Waals surface area contributed by atoms with Gasteiger partial charge in [0.2, 0.25) is 0 Å². The molecule has 1 saturated heterocycles. The molecule has 1 amide bonds. The van der Waals surface area contributed by atoms with Crippen molar-refractivity contribution < 1.29 is 19.4 Å². The Kier molecular flexibility index (Phi) is 4.92. The van der Waals surface area contributed by atoms with Crippen molar-refractivity contribution in [1.82, 2.24) is 4.90 Å². The van der Waals surface area contributed by atoms with Crippen LogP contribution in [0.15, 0.2) is 18.2 Å². The molecule has 0 bridgehead atoms. The van der Waals surface area contributed by atoms with Gasteiger partial charge in [-0.2, -0.15) is 0 Å². The molecular weight excluding hydrogens is 278 g/mol. The summed E-state index contributed by atoms with van der Waals surface area (Å²) in [6, 6.07) is 3.51. The molecule has 20 heavy (non-hydrogen) atoms. The van der Waals surface area contributed by atoms with Crippen molar-refractivity contribution in [2.45, 2.75) is 18.9 Å². The molecule has 1 aromatic heterocycles. The number of carboxylic acids is 1. The van der Waals surface area contributed by atoms with Gasteiger partial charge in [0.1, 0.15) is 0 Å². The van der Waals surface area contributed by atoms with Gasteiger partial charge in [-0.25, -0.2) is 4.79 Å². The zero-order valence-corrected chi connectivity index (χ0v) is 12.1. The number of carboxylic acid groups (broad SMARTS) is 1. The van der Waals surface area contributed by atoms with Crippen molar-refractivity contribution in [2.24, 2.45) is 0 Å². The lowest BCUT2D eigenvalue weighted by Crippen LogP contribution is -2.40. The van der Waals surface area contributed by atoms with E-state index in [2.05, 4.69) is 0 Å². The molecule has 6 heteroatoms. The summed E-state index contributed by atoms with van der Waals surface area (Å²) in [6.07, 6.45) is 4.54. The van der Waals surface area contributed by atoms with Crippen molar-refractivity contribution in [3.8, 4) is 0 Å². The van der Waals surface area contributed by atoms with Crippen LogP contribution in [0.25, 0.3) is 6.08 Å². The number of ether oxygens (including phenoxy) is 1. The third-order valence-corrected chi connectivity index (χ3v) is 4.33. The highest BCUT2D eigenvalue weighted by Crippen LogP contribution is 2.22. The predicted octanol–water partition coefficient (Wildman–Crippen LogP) is 2.10. The second-order valence-corrected chi connectivity index (χ2v) is 5.72. The molecule has 0 aliphatic carbocycles. The Labute approximate surface area is 121 Å². The lowest BCUT2D eigenvalue weighted by Gasteiger charge is -2.30. The van der Waals surface area contributed by atoms with Gasteiger partial charge in [-0.15, -0.1) is 11.3 Å². The van der Waals surface area contributed by atoms with Gasteiger partial charge in [0.15, 0.2) is 0 Å². The smallest absolute Gasteiger partial charge is 0.328 e. The highest BCUT2D eigenvalue weighted by molar-refractivity contribution is 7.14. The summed E-state index contributed by atoms with van der Waals surface area (Å²) < 4.78 is 5.28. The number of hydrogen-bond donors (Lipinski definition) is 1. The zero-order valence-electron chi connectivity index (χ0n) is 11.2. The largest absolute Gasteiger partial charge is 0.478 e. The summed E-state index contributed by atoms with van der Waals surface area (Å²) in [5, 5.41) is 8.57. The Morgan fingerprint density at radius 1 is 1.40 bits per heavy atom. The first kappa shape index (κ1) is 14.7. The second kappa shape index (κ2) is 6.67. The van der Waals surface area contributed by atoms with Crippen LogP contribution in [0.3, 0.4) is 0 Å². The van der Waals surface area contributed by atoms with Crippen LogP contribution in [0, 0.1) is 0 Å². The molecule has 0 spiro atoms. The number of methoxy groups -OCH3 is 1. The number of amides is 1. The number of thiophene rings is 1. The molecule has 0 aromatic carbocycles. The number of carbonyl (C=O) groups is 2. The van der Waals surface area contributed by atoms with Gasteiger partial charge in [0.25, 0.3) is 5.91 Å². The molecule has 1 fully saturated rings. The molecule has 1 aromatic rings. The van der Waals surface area contributed by atoms with E-state index in [0.717, 1.165) is 23.8 Å². The summed E-state index contributed by atoms with van der Waals surface area (Å²) in [7, 11) is 1.70. The van der Waals surface area contributed by atoms with Crippen molar-refractivity contribution in [3.05, 3.63) is 28.0 Å². The van der Waals surface area contributed by atoms with Gasteiger partial charge in [-0.1, -0.05) is 0 Å². The minimum Gasteiger partial charge on any atom is -0.478 e. The maximum atomic E-state index is 12.3. The summed E-state index contributed by atoms with van der Waals surface area (Å²) in [5.41, 5.74) is 0. The number of likely N-dealkylation sites (tertiary alicyclic amines) is 1. The minimum absolute atomic E-state index is 0.0135. The highest BCUT2D eigenvalue weighted by Gasteiger charge is 2.24. The van der Waals surface area contributed by atoms with E-state index < -0.39 is 5.97 Å². The molecule has 2 heterocycles. The molecular formula is C14H17NO4S. The quantitative estimate of drug-likeness (QED) is 0.864. The van der Waals surface area contributed by atoms with E-state index in [1.165, 1.54) is 17.4 Å². The zero-order chi connectivity index (χ0) is 14.5. The van der Waals surface area contributed by atoms with E-state index in [0.29, 0.717) is 18.0 Å². The van der Waals surface area contributed by atoms with Gasteiger partial charge in [-0.05, 0) is 31.1 Å². The van der Waals surface area contributed by atoms with Crippen molar-refractivity contribution in [3.63, 3.8) is 0 Å². The molecule has 108 valence electrons. The molecule has 1 N–H and O–H groups in total. The number of aliphatic carboxylic acids is 1. The fourth-order valence-electron chi connectivity index (χ4n) is 2.16. The van der Waals surface area contributed by atoms with Gasteiger partial charge < -0.3 is 14.7 Å². The Hall–Kier alpha value is -1.66. The summed E-state index contributed by atoms with van der Waals surface area (Å²) in [5.74, 6) is -0.979. The van der Waals surface area contributed by atoms with Crippen molar-refractivity contribution >= 4 is 29.3 Å². The highest BCUT2D eigenvalue weighted by atomic mass is 32.1. The van der Waals surface area contributed by atoms with Crippen LogP contribution in [0.4, 0.5) is 0 Å². The van der Waals surface area contributed by atoms with Crippen LogP contribution >= 0.6 is 11.3 Å². The second-order valence-electron chi connectivity index (χ2n) is 4.60. The van der Waals surface area contributed by atoms with Crippen LogP contribution in [-0.4, -0.2) is 48.2 Å². The van der Waals surface area contributed by atoms with Crippen LogP contribution in [-0.2, 0) is 9.53 Å². The molecule has 0 unspecified atom stereocenters. The van der Waals surface area contributed by atoms with E-state index in [9.17, 15) is 9.59 Å². The van der Waals surface area contributed by atoms with Crippen molar-refractivity contribution in [2.75, 3.05) is 20.2 Å². The van der Waals surface area contributed by atoms with E-state index in [1.54, 1.807) is 19.2 Å². The summed E-state index contributed by atoms with van der Waals surface area (Å²) in [4.78, 5) is 26.0. The first-order chi connectivity index (χ1) is 9.60. The maximum Gasteiger partial charge on any atom is 0.328 e. The lowest BCUT2D eigenvalue weighted by atomic mass is 10.1. The first-order valence-corrected chi connectivity index (χ1v) is 7.24. The van der Waals surface area contributed by atoms with E-state index in [-0.39, 0.29) is 12.0 Å². The van der Waals surface area contributed by atoms with Crippen molar-refractivity contribution in [1.29, 1.82) is 0 Å².